The highest BCUT2D eigenvalue weighted by atomic mass is 16.5. The summed E-state index contributed by atoms with van der Waals surface area (Å²) < 4.78 is 11.1. The molecular formula is C17H23NO3. The van der Waals surface area contributed by atoms with Gasteiger partial charge in [0.2, 0.25) is 0 Å². The highest BCUT2D eigenvalue weighted by molar-refractivity contribution is 5.84. The Morgan fingerprint density at radius 1 is 1.38 bits per heavy atom. The minimum atomic E-state index is -0.847. The Kier molecular flexibility index (Phi) is 4.27. The van der Waals surface area contributed by atoms with Crippen molar-refractivity contribution in [1.82, 2.24) is 5.32 Å². The fourth-order valence-electron chi connectivity index (χ4n) is 3.47. The van der Waals surface area contributed by atoms with Gasteiger partial charge in [-0.1, -0.05) is 37.1 Å². The summed E-state index contributed by atoms with van der Waals surface area (Å²) in [5, 5.41) is 3.57. The van der Waals surface area contributed by atoms with Crippen LogP contribution >= 0.6 is 0 Å². The van der Waals surface area contributed by atoms with Crippen molar-refractivity contribution >= 4 is 5.97 Å². The van der Waals surface area contributed by atoms with Crippen molar-refractivity contribution in [2.45, 2.75) is 50.8 Å². The molecule has 1 unspecified atom stereocenters. The van der Waals surface area contributed by atoms with E-state index in [0.29, 0.717) is 25.9 Å². The summed E-state index contributed by atoms with van der Waals surface area (Å²) in [7, 11) is 0. The van der Waals surface area contributed by atoms with E-state index in [4.69, 9.17) is 9.47 Å². The quantitative estimate of drug-likeness (QED) is 0.865. The molecule has 4 nitrogen and oxygen atoms in total. The lowest BCUT2D eigenvalue weighted by atomic mass is 9.84. The molecule has 114 valence electrons. The lowest BCUT2D eigenvalue weighted by molar-refractivity contribution is -0.157. The number of nitrogens with one attached hydrogen (secondary N) is 1. The summed E-state index contributed by atoms with van der Waals surface area (Å²) in [6.45, 7) is 3.13. The molecule has 1 fully saturated rings. The molecule has 2 aliphatic rings. The Balaban J connectivity index is 1.98. The zero-order chi connectivity index (χ0) is 14.7. The van der Waals surface area contributed by atoms with Crippen molar-refractivity contribution in [1.29, 1.82) is 0 Å². The van der Waals surface area contributed by atoms with E-state index in [1.165, 1.54) is 12.8 Å². The molecule has 0 radical (unpaired) electrons. The van der Waals surface area contributed by atoms with Crippen LogP contribution in [0.2, 0.25) is 0 Å². The molecule has 3 rings (SSSR count). The van der Waals surface area contributed by atoms with Gasteiger partial charge in [-0.25, -0.2) is 4.79 Å². The predicted octanol–water partition coefficient (Wildman–Crippen LogP) is 2.51. The fraction of sp³-hybridized carbons (Fsp3) is 0.588. The zero-order valence-corrected chi connectivity index (χ0v) is 12.6. The van der Waals surface area contributed by atoms with E-state index in [9.17, 15) is 4.79 Å². The Labute approximate surface area is 125 Å². The molecule has 1 aromatic carbocycles. The van der Waals surface area contributed by atoms with E-state index in [-0.39, 0.29) is 5.97 Å². The molecule has 1 aliphatic carbocycles. The van der Waals surface area contributed by atoms with Crippen molar-refractivity contribution in [2.75, 3.05) is 13.2 Å². The average Bonchev–Trinajstić information content (AvgIpc) is 3.00. The van der Waals surface area contributed by atoms with Crippen molar-refractivity contribution in [3.63, 3.8) is 0 Å². The molecule has 4 heteroatoms. The number of carbonyl (C=O) groups excluding carboxylic acids is 1. The predicted molar refractivity (Wildman–Crippen MR) is 79.8 cm³/mol. The number of benzene rings is 1. The Hall–Kier alpha value is -1.39. The summed E-state index contributed by atoms with van der Waals surface area (Å²) >= 11 is 0. The first kappa shape index (κ1) is 14.5. The van der Waals surface area contributed by atoms with Crippen LogP contribution in [0.15, 0.2) is 24.3 Å². The first-order valence-corrected chi connectivity index (χ1v) is 7.87. The maximum absolute atomic E-state index is 12.7. The summed E-state index contributed by atoms with van der Waals surface area (Å²) in [5.74, 6) is -0.218. The lowest BCUT2D eigenvalue weighted by Gasteiger charge is -2.39. The van der Waals surface area contributed by atoms with Crippen LogP contribution < -0.4 is 5.32 Å². The van der Waals surface area contributed by atoms with Gasteiger partial charge in [-0.15, -0.1) is 0 Å². The van der Waals surface area contributed by atoms with Gasteiger partial charge in [0.05, 0.1) is 19.8 Å². The minimum absolute atomic E-state index is 0.218. The van der Waals surface area contributed by atoms with Gasteiger partial charge in [-0.3, -0.25) is 5.32 Å². The average molecular weight is 289 g/mol. The fourth-order valence-corrected chi connectivity index (χ4v) is 3.47. The number of rotatable bonds is 4. The van der Waals surface area contributed by atoms with Crippen LogP contribution in [0.3, 0.4) is 0 Å². The van der Waals surface area contributed by atoms with Crippen molar-refractivity contribution < 1.29 is 14.3 Å². The highest BCUT2D eigenvalue weighted by Crippen LogP contribution is 2.34. The largest absolute Gasteiger partial charge is 0.464 e. The van der Waals surface area contributed by atoms with Crippen molar-refractivity contribution in [3.8, 4) is 0 Å². The van der Waals surface area contributed by atoms with Crippen LogP contribution in [-0.2, 0) is 26.4 Å². The van der Waals surface area contributed by atoms with Gasteiger partial charge in [0, 0.05) is 6.04 Å². The first-order valence-electron chi connectivity index (χ1n) is 7.87. The Morgan fingerprint density at radius 3 is 2.90 bits per heavy atom. The maximum atomic E-state index is 12.7. The van der Waals surface area contributed by atoms with E-state index in [1.807, 2.05) is 31.2 Å². The molecule has 0 spiro atoms. The van der Waals surface area contributed by atoms with E-state index in [0.717, 1.165) is 24.0 Å². The van der Waals surface area contributed by atoms with Crippen LogP contribution in [-0.4, -0.2) is 25.2 Å². The van der Waals surface area contributed by atoms with Gasteiger partial charge >= 0.3 is 5.97 Å². The standard InChI is InChI=1S/C17H23NO3/c1-2-21-16(19)17(18-14-8-4-5-9-14)12-20-11-13-7-3-6-10-15(13)17/h3,6-7,10,14,18H,2,4-5,8-9,11-12H2,1H3. The second-order valence-corrected chi connectivity index (χ2v) is 5.90. The summed E-state index contributed by atoms with van der Waals surface area (Å²) in [5.41, 5.74) is 1.24. The molecule has 0 bridgehead atoms. The highest BCUT2D eigenvalue weighted by Gasteiger charge is 2.47. The maximum Gasteiger partial charge on any atom is 0.333 e. The molecule has 1 aliphatic heterocycles. The molecule has 0 aromatic heterocycles. The van der Waals surface area contributed by atoms with Crippen LogP contribution in [0, 0.1) is 0 Å². The third-order valence-corrected chi connectivity index (χ3v) is 4.48. The Morgan fingerprint density at radius 2 is 2.14 bits per heavy atom. The second-order valence-electron chi connectivity index (χ2n) is 5.90. The first-order chi connectivity index (χ1) is 10.3. The Bertz CT molecular complexity index is 511. The number of ether oxygens (including phenoxy) is 2. The van der Waals surface area contributed by atoms with Crippen LogP contribution in [0.5, 0.6) is 0 Å². The normalized spacial score (nSPS) is 25.6. The van der Waals surface area contributed by atoms with Gasteiger partial charge in [0.15, 0.2) is 5.54 Å². The monoisotopic (exact) mass is 289 g/mol. The van der Waals surface area contributed by atoms with E-state index < -0.39 is 5.54 Å². The van der Waals surface area contributed by atoms with Gasteiger partial charge in [-0.2, -0.15) is 0 Å². The van der Waals surface area contributed by atoms with E-state index in [2.05, 4.69) is 5.32 Å². The van der Waals surface area contributed by atoms with Crippen molar-refractivity contribution in [3.05, 3.63) is 35.4 Å². The van der Waals surface area contributed by atoms with Crippen LogP contribution in [0.4, 0.5) is 0 Å². The van der Waals surface area contributed by atoms with Gasteiger partial charge in [-0.05, 0) is 30.9 Å². The van der Waals surface area contributed by atoms with Crippen LogP contribution in [0.1, 0.15) is 43.7 Å². The molecule has 21 heavy (non-hydrogen) atoms. The summed E-state index contributed by atoms with van der Waals surface area (Å²) in [6, 6.07) is 8.38. The molecule has 1 saturated carbocycles. The van der Waals surface area contributed by atoms with Gasteiger partial charge in [0.1, 0.15) is 0 Å². The number of esters is 1. The molecule has 1 aromatic rings. The number of fused-ring (bicyclic) bond motifs is 1. The van der Waals surface area contributed by atoms with Gasteiger partial charge < -0.3 is 9.47 Å². The third-order valence-electron chi connectivity index (χ3n) is 4.48. The summed E-state index contributed by atoms with van der Waals surface area (Å²) in [4.78, 5) is 12.7. The molecule has 1 N–H and O–H groups in total. The number of carbonyl (C=O) groups is 1. The molecular weight excluding hydrogens is 266 g/mol. The third kappa shape index (κ3) is 2.70. The van der Waals surface area contributed by atoms with Crippen LogP contribution in [0.25, 0.3) is 0 Å². The molecule has 0 amide bonds. The molecule has 1 atom stereocenters. The number of hydrogen-bond acceptors (Lipinski definition) is 4. The molecule has 1 heterocycles. The van der Waals surface area contributed by atoms with E-state index in [1.54, 1.807) is 0 Å². The second kappa shape index (κ2) is 6.16. The van der Waals surface area contributed by atoms with Crippen molar-refractivity contribution in [2.24, 2.45) is 0 Å². The van der Waals surface area contributed by atoms with Gasteiger partial charge in [0.25, 0.3) is 0 Å². The van der Waals surface area contributed by atoms with E-state index >= 15 is 0 Å². The summed E-state index contributed by atoms with van der Waals surface area (Å²) in [6.07, 6.45) is 4.67. The number of hydrogen-bond donors (Lipinski definition) is 1. The lowest BCUT2D eigenvalue weighted by Crippen LogP contribution is -2.58. The SMILES string of the molecule is CCOC(=O)C1(NC2CCCC2)COCc2ccccc21. The zero-order valence-electron chi connectivity index (χ0n) is 12.6. The smallest absolute Gasteiger partial charge is 0.333 e. The molecule has 0 saturated heterocycles. The minimum Gasteiger partial charge on any atom is -0.464 e. The topological polar surface area (TPSA) is 47.6 Å².